The minimum absolute atomic E-state index is 0.135. The number of halogens is 1. The lowest BCUT2D eigenvalue weighted by atomic mass is 10.1. The van der Waals surface area contributed by atoms with E-state index in [9.17, 15) is 9.59 Å². The molecule has 0 aliphatic carbocycles. The molecule has 0 bridgehead atoms. The van der Waals surface area contributed by atoms with Crippen molar-refractivity contribution in [2.45, 2.75) is 20.8 Å². The first-order valence-electron chi connectivity index (χ1n) is 8.35. The molecule has 0 saturated carbocycles. The molecule has 0 aliphatic rings. The van der Waals surface area contributed by atoms with Gasteiger partial charge in [-0.15, -0.1) is 0 Å². The van der Waals surface area contributed by atoms with E-state index in [1.807, 2.05) is 51.1 Å². The first-order chi connectivity index (χ1) is 12.2. The highest BCUT2D eigenvalue weighted by molar-refractivity contribution is 9.10. The summed E-state index contributed by atoms with van der Waals surface area (Å²) in [5.41, 5.74) is 4.71. The lowest BCUT2D eigenvalue weighted by Crippen LogP contribution is -2.36. The van der Waals surface area contributed by atoms with E-state index in [2.05, 4.69) is 32.6 Å². The largest absolute Gasteiger partial charge is 0.325 e. The maximum absolute atomic E-state index is 12.2. The van der Waals surface area contributed by atoms with Crippen molar-refractivity contribution < 1.29 is 9.59 Å². The number of hydrogen-bond acceptors (Lipinski definition) is 3. The van der Waals surface area contributed by atoms with Crippen molar-refractivity contribution in [1.29, 1.82) is 0 Å². The molecule has 0 saturated heterocycles. The first kappa shape index (κ1) is 20.1. The van der Waals surface area contributed by atoms with E-state index in [0.717, 1.165) is 32.5 Å². The molecule has 0 unspecified atom stereocenters. The van der Waals surface area contributed by atoms with Gasteiger partial charge in [-0.1, -0.05) is 22.0 Å². The third kappa shape index (κ3) is 6.28. The van der Waals surface area contributed by atoms with Crippen molar-refractivity contribution in [2.24, 2.45) is 0 Å². The average molecular weight is 418 g/mol. The van der Waals surface area contributed by atoms with Crippen LogP contribution in [0.3, 0.4) is 0 Å². The van der Waals surface area contributed by atoms with Crippen LogP contribution in [-0.4, -0.2) is 36.9 Å². The Morgan fingerprint density at radius 1 is 0.923 bits per heavy atom. The number of hydrogen-bond donors (Lipinski definition) is 2. The SMILES string of the molecule is Cc1cc(C)cc(NC(=O)CN(C)CC(=O)Nc2ccc(Br)cc2C)c1. The van der Waals surface area contributed by atoms with Gasteiger partial charge >= 0.3 is 0 Å². The van der Waals surface area contributed by atoms with Gasteiger partial charge in [-0.05, 0) is 74.8 Å². The molecule has 0 heterocycles. The van der Waals surface area contributed by atoms with Crippen molar-refractivity contribution >= 4 is 39.1 Å². The van der Waals surface area contributed by atoms with Gasteiger partial charge in [-0.25, -0.2) is 0 Å². The zero-order valence-corrected chi connectivity index (χ0v) is 17.1. The number of carbonyl (C=O) groups excluding carboxylic acids is 2. The molecule has 0 spiro atoms. The van der Waals surface area contributed by atoms with Crippen LogP contribution in [-0.2, 0) is 9.59 Å². The Hall–Kier alpha value is -2.18. The molecule has 138 valence electrons. The summed E-state index contributed by atoms with van der Waals surface area (Å²) in [7, 11) is 1.75. The van der Waals surface area contributed by atoms with Gasteiger partial charge in [0.15, 0.2) is 0 Å². The summed E-state index contributed by atoms with van der Waals surface area (Å²) in [5.74, 6) is -0.303. The summed E-state index contributed by atoms with van der Waals surface area (Å²) in [5, 5.41) is 5.75. The van der Waals surface area contributed by atoms with E-state index in [1.54, 1.807) is 11.9 Å². The molecule has 0 atom stereocenters. The van der Waals surface area contributed by atoms with Gasteiger partial charge in [0.2, 0.25) is 11.8 Å². The first-order valence-corrected chi connectivity index (χ1v) is 9.15. The number of benzene rings is 2. The summed E-state index contributed by atoms with van der Waals surface area (Å²) in [6, 6.07) is 11.6. The molecule has 0 aromatic heterocycles. The summed E-state index contributed by atoms with van der Waals surface area (Å²) in [6.07, 6.45) is 0. The van der Waals surface area contributed by atoms with Crippen molar-refractivity contribution in [3.8, 4) is 0 Å². The number of amides is 2. The fraction of sp³-hybridized carbons (Fsp3) is 0.300. The van der Waals surface area contributed by atoms with Crippen LogP contribution >= 0.6 is 15.9 Å². The standard InChI is InChI=1S/C20H24BrN3O2/c1-13-7-14(2)9-17(8-13)22-19(25)11-24(4)12-20(26)23-18-6-5-16(21)10-15(18)3/h5-10H,11-12H2,1-4H3,(H,22,25)(H,23,26). The fourth-order valence-corrected chi connectivity index (χ4v) is 3.23. The monoisotopic (exact) mass is 417 g/mol. The highest BCUT2D eigenvalue weighted by Gasteiger charge is 2.12. The molecular weight excluding hydrogens is 394 g/mol. The minimum Gasteiger partial charge on any atom is -0.325 e. The molecule has 26 heavy (non-hydrogen) atoms. The third-order valence-electron chi connectivity index (χ3n) is 3.80. The van der Waals surface area contributed by atoms with Crippen LogP contribution < -0.4 is 10.6 Å². The predicted molar refractivity (Wildman–Crippen MR) is 110 cm³/mol. The number of carbonyl (C=O) groups is 2. The highest BCUT2D eigenvalue weighted by Crippen LogP contribution is 2.20. The maximum Gasteiger partial charge on any atom is 0.238 e. The topological polar surface area (TPSA) is 61.4 Å². The second-order valence-corrected chi connectivity index (χ2v) is 7.52. The van der Waals surface area contributed by atoms with Crippen molar-refractivity contribution in [3.05, 3.63) is 57.6 Å². The van der Waals surface area contributed by atoms with Gasteiger partial charge in [0.05, 0.1) is 13.1 Å². The minimum atomic E-state index is -0.155. The molecule has 0 radical (unpaired) electrons. The van der Waals surface area contributed by atoms with Gasteiger partial charge in [0.1, 0.15) is 0 Å². The Morgan fingerprint density at radius 3 is 2.08 bits per heavy atom. The summed E-state index contributed by atoms with van der Waals surface area (Å²) < 4.78 is 0.966. The van der Waals surface area contributed by atoms with E-state index >= 15 is 0 Å². The van der Waals surface area contributed by atoms with E-state index < -0.39 is 0 Å². The molecular formula is C20H24BrN3O2. The van der Waals surface area contributed by atoms with Crippen LogP contribution in [0.1, 0.15) is 16.7 Å². The van der Waals surface area contributed by atoms with Crippen molar-refractivity contribution in [2.75, 3.05) is 30.8 Å². The summed E-state index contributed by atoms with van der Waals surface area (Å²) >= 11 is 3.40. The zero-order chi connectivity index (χ0) is 19.3. The van der Waals surface area contributed by atoms with E-state index in [4.69, 9.17) is 0 Å². The molecule has 0 aliphatic heterocycles. The average Bonchev–Trinajstić information content (AvgIpc) is 2.48. The van der Waals surface area contributed by atoms with E-state index in [0.29, 0.717) is 0 Å². The Bertz CT molecular complexity index is 800. The van der Waals surface area contributed by atoms with Crippen LogP contribution in [0.2, 0.25) is 0 Å². The van der Waals surface area contributed by atoms with Crippen molar-refractivity contribution in [1.82, 2.24) is 4.90 Å². The zero-order valence-electron chi connectivity index (χ0n) is 15.5. The number of likely N-dealkylation sites (N-methyl/N-ethyl adjacent to an activating group) is 1. The van der Waals surface area contributed by atoms with Crippen molar-refractivity contribution in [3.63, 3.8) is 0 Å². The lowest BCUT2D eigenvalue weighted by Gasteiger charge is -2.17. The van der Waals surface area contributed by atoms with Crippen LogP contribution in [0.25, 0.3) is 0 Å². The predicted octanol–water partition coefficient (Wildman–Crippen LogP) is 3.88. The van der Waals surface area contributed by atoms with Crippen LogP contribution in [0.15, 0.2) is 40.9 Å². The molecule has 2 aromatic carbocycles. The molecule has 0 fully saturated rings. The Labute approximate surface area is 162 Å². The van der Waals surface area contributed by atoms with Crippen LogP contribution in [0.4, 0.5) is 11.4 Å². The molecule has 2 N–H and O–H groups in total. The molecule has 2 rings (SSSR count). The quantitative estimate of drug-likeness (QED) is 0.749. The van der Waals surface area contributed by atoms with Crippen LogP contribution in [0, 0.1) is 20.8 Å². The number of aryl methyl sites for hydroxylation is 3. The van der Waals surface area contributed by atoms with E-state index in [-0.39, 0.29) is 24.9 Å². The van der Waals surface area contributed by atoms with Gasteiger partial charge in [0.25, 0.3) is 0 Å². The number of nitrogens with zero attached hydrogens (tertiary/aromatic N) is 1. The second-order valence-electron chi connectivity index (χ2n) is 6.60. The maximum atomic E-state index is 12.2. The van der Waals surface area contributed by atoms with Gasteiger partial charge in [-0.2, -0.15) is 0 Å². The third-order valence-corrected chi connectivity index (χ3v) is 4.29. The van der Waals surface area contributed by atoms with Gasteiger partial charge < -0.3 is 10.6 Å². The number of nitrogens with one attached hydrogen (secondary N) is 2. The Balaban J connectivity index is 1.85. The van der Waals surface area contributed by atoms with Crippen LogP contribution in [0.5, 0.6) is 0 Å². The number of rotatable bonds is 6. The normalized spacial score (nSPS) is 10.7. The number of anilines is 2. The smallest absolute Gasteiger partial charge is 0.238 e. The molecule has 2 amide bonds. The highest BCUT2D eigenvalue weighted by atomic mass is 79.9. The lowest BCUT2D eigenvalue weighted by molar-refractivity contribution is -0.119. The summed E-state index contributed by atoms with van der Waals surface area (Å²) in [4.78, 5) is 26.1. The molecule has 5 nitrogen and oxygen atoms in total. The second kappa shape index (κ2) is 8.96. The van der Waals surface area contributed by atoms with Gasteiger partial charge in [-0.3, -0.25) is 14.5 Å². The Kier molecular flexibility index (Phi) is 6.94. The molecule has 2 aromatic rings. The fourth-order valence-electron chi connectivity index (χ4n) is 2.75. The van der Waals surface area contributed by atoms with E-state index in [1.165, 1.54) is 0 Å². The molecule has 6 heteroatoms. The van der Waals surface area contributed by atoms with Gasteiger partial charge in [0, 0.05) is 15.8 Å². The summed E-state index contributed by atoms with van der Waals surface area (Å²) in [6.45, 7) is 6.18. The Morgan fingerprint density at radius 2 is 1.50 bits per heavy atom.